The van der Waals surface area contributed by atoms with Crippen molar-refractivity contribution in [1.82, 2.24) is 58.6 Å². The van der Waals surface area contributed by atoms with Crippen molar-refractivity contribution in [2.45, 2.75) is 0 Å². The zero-order chi connectivity index (χ0) is 54.1. The molecule has 0 bridgehead atoms. The molecule has 0 radical (unpaired) electrons. The molecular formula is C68H45ClN12. The summed E-state index contributed by atoms with van der Waals surface area (Å²) in [5, 5.41) is 4.93. The van der Waals surface area contributed by atoms with Gasteiger partial charge >= 0.3 is 0 Å². The number of aromatic nitrogens is 12. The quantitative estimate of drug-likeness (QED) is 0.167. The summed E-state index contributed by atoms with van der Waals surface area (Å²) in [5.74, 6) is 2.99. The summed E-state index contributed by atoms with van der Waals surface area (Å²) < 4.78 is 6.40. The Bertz CT molecular complexity index is 4760. The molecular weight excluding hydrogens is 1020 g/mol. The van der Waals surface area contributed by atoms with Crippen LogP contribution < -0.4 is 0 Å². The Morgan fingerprint density at radius 2 is 0.716 bits per heavy atom. The molecule has 16 rings (SSSR count). The van der Waals surface area contributed by atoms with Gasteiger partial charge in [-0.3, -0.25) is 13.7 Å². The lowest BCUT2D eigenvalue weighted by molar-refractivity contribution is 0.954. The number of hydrogen-bond acceptors (Lipinski definition) is 8. The maximum absolute atomic E-state index is 5.99. The fourth-order valence-electron chi connectivity index (χ4n) is 10.3. The first-order chi connectivity index (χ1) is 40.1. The molecule has 6 aromatic heterocycles. The topological polar surface area (TPSA) is 134 Å². The average Bonchev–Trinajstić information content (AvgIpc) is 4.50. The van der Waals surface area contributed by atoms with Gasteiger partial charge in [0.2, 0.25) is 11.2 Å². The van der Waals surface area contributed by atoms with Gasteiger partial charge in [0.1, 0.15) is 12.7 Å². The van der Waals surface area contributed by atoms with Crippen molar-refractivity contribution in [2.75, 3.05) is 0 Å². The SMILES string of the molecule is Clc1nc(-c2ccccc2)nc(-c2ccccc2)n1.c1ccc(-c2nc(-c3ccccc3)nc(-n3c4ccccc4c4cc5c(cc43)ncn5-c3ccccc3)n2)cc1.c1ccc(-n2cnc3cc4[nH]c5ccccc5c4cc32)cc1. The normalized spacial score (nSPS) is 11.3. The molecule has 0 aliphatic carbocycles. The van der Waals surface area contributed by atoms with Crippen molar-refractivity contribution in [3.63, 3.8) is 0 Å². The van der Waals surface area contributed by atoms with Crippen LogP contribution in [-0.2, 0) is 0 Å². The monoisotopic (exact) mass is 1060 g/mol. The number of hydrogen-bond donors (Lipinski definition) is 1. The Morgan fingerprint density at radius 3 is 1.22 bits per heavy atom. The molecule has 6 heterocycles. The second-order valence-electron chi connectivity index (χ2n) is 19.2. The highest BCUT2D eigenvalue weighted by Gasteiger charge is 2.20. The maximum Gasteiger partial charge on any atom is 0.238 e. The average molecular weight is 1070 g/mol. The highest BCUT2D eigenvalue weighted by atomic mass is 35.5. The van der Waals surface area contributed by atoms with E-state index >= 15 is 0 Å². The number of nitrogens with zero attached hydrogens (tertiary/aromatic N) is 11. The van der Waals surface area contributed by atoms with Crippen molar-refractivity contribution < 1.29 is 0 Å². The van der Waals surface area contributed by atoms with Gasteiger partial charge in [0.25, 0.3) is 0 Å². The lowest BCUT2D eigenvalue weighted by Crippen LogP contribution is -2.06. The predicted molar refractivity (Wildman–Crippen MR) is 326 cm³/mol. The number of rotatable bonds is 7. The van der Waals surface area contributed by atoms with E-state index in [1.165, 1.54) is 10.8 Å². The second-order valence-corrected chi connectivity index (χ2v) is 19.5. The lowest BCUT2D eigenvalue weighted by atomic mass is 10.1. The molecule has 0 fully saturated rings. The van der Waals surface area contributed by atoms with Crippen LogP contribution in [0.15, 0.2) is 267 Å². The van der Waals surface area contributed by atoms with Gasteiger partial charge in [-0.05, 0) is 72.3 Å². The smallest absolute Gasteiger partial charge is 0.238 e. The molecule has 12 nitrogen and oxygen atoms in total. The largest absolute Gasteiger partial charge is 0.354 e. The second kappa shape index (κ2) is 21.1. The summed E-state index contributed by atoms with van der Waals surface area (Å²) in [6, 6.07) is 85.7. The zero-order valence-corrected chi connectivity index (χ0v) is 44.0. The molecule has 0 unspecified atom stereocenters. The lowest BCUT2D eigenvalue weighted by Gasteiger charge is -2.11. The Balaban J connectivity index is 0.000000121. The Kier molecular flexibility index (Phi) is 12.6. The molecule has 0 aliphatic rings. The third kappa shape index (κ3) is 9.47. The van der Waals surface area contributed by atoms with Gasteiger partial charge in [-0.2, -0.15) is 19.9 Å². The van der Waals surface area contributed by atoms with E-state index < -0.39 is 0 Å². The molecule has 13 heteroatoms. The molecule has 0 spiro atoms. The van der Waals surface area contributed by atoms with Crippen LogP contribution in [0, 0.1) is 0 Å². The molecule has 0 amide bonds. The fraction of sp³-hybridized carbons (Fsp3) is 0. The minimum atomic E-state index is 0.202. The highest BCUT2D eigenvalue weighted by molar-refractivity contribution is 6.28. The van der Waals surface area contributed by atoms with Gasteiger partial charge in [0.15, 0.2) is 23.3 Å². The van der Waals surface area contributed by atoms with E-state index in [-0.39, 0.29) is 5.28 Å². The van der Waals surface area contributed by atoms with E-state index in [1.54, 1.807) is 0 Å². The number of fused-ring (bicyclic) bond motifs is 8. The van der Waals surface area contributed by atoms with Crippen molar-refractivity contribution in [3.05, 3.63) is 273 Å². The molecule has 0 saturated heterocycles. The molecule has 1 N–H and O–H groups in total. The van der Waals surface area contributed by atoms with Crippen LogP contribution in [0.1, 0.15) is 0 Å². The number of benzene rings is 10. The van der Waals surface area contributed by atoms with Crippen LogP contribution >= 0.6 is 11.6 Å². The van der Waals surface area contributed by atoms with Crippen LogP contribution in [0.5, 0.6) is 0 Å². The third-order valence-electron chi connectivity index (χ3n) is 14.1. The first-order valence-corrected chi connectivity index (χ1v) is 26.7. The number of nitrogens with one attached hydrogen (secondary N) is 1. The van der Waals surface area contributed by atoms with E-state index in [4.69, 9.17) is 31.5 Å². The third-order valence-corrected chi connectivity index (χ3v) is 14.3. The Morgan fingerprint density at radius 1 is 0.309 bits per heavy atom. The first kappa shape index (κ1) is 48.4. The number of imidazole rings is 2. The summed E-state index contributed by atoms with van der Waals surface area (Å²) in [6.07, 6.45) is 3.77. The number of halogens is 1. The minimum Gasteiger partial charge on any atom is -0.354 e. The van der Waals surface area contributed by atoms with Crippen molar-refractivity contribution in [2.24, 2.45) is 0 Å². The first-order valence-electron chi connectivity index (χ1n) is 26.3. The van der Waals surface area contributed by atoms with Gasteiger partial charge in [-0.25, -0.2) is 19.9 Å². The van der Waals surface area contributed by atoms with E-state index in [9.17, 15) is 0 Å². The van der Waals surface area contributed by atoms with Gasteiger partial charge in [0, 0.05) is 66.2 Å². The van der Waals surface area contributed by atoms with E-state index in [1.807, 2.05) is 170 Å². The molecule has 384 valence electrons. The zero-order valence-electron chi connectivity index (χ0n) is 43.2. The van der Waals surface area contributed by atoms with Gasteiger partial charge < -0.3 is 4.98 Å². The number of H-pyrrole nitrogens is 1. The Hall–Kier alpha value is -11.0. The summed E-state index contributed by atoms with van der Waals surface area (Å²) in [4.78, 5) is 40.5. The van der Waals surface area contributed by atoms with Gasteiger partial charge in [0.05, 0.1) is 33.1 Å². The molecule has 81 heavy (non-hydrogen) atoms. The van der Waals surface area contributed by atoms with Crippen LogP contribution in [0.25, 0.3) is 129 Å². The summed E-state index contributed by atoms with van der Waals surface area (Å²) in [5.41, 5.74) is 14.3. The van der Waals surface area contributed by atoms with Crippen LogP contribution in [0.2, 0.25) is 5.28 Å². The van der Waals surface area contributed by atoms with Crippen LogP contribution in [0.4, 0.5) is 0 Å². The summed E-state index contributed by atoms with van der Waals surface area (Å²) in [6.45, 7) is 0. The summed E-state index contributed by atoms with van der Waals surface area (Å²) >= 11 is 5.99. The standard InChI is InChI=1S/C34H22N6.C19H13N3.C15H10ClN3/c1-4-12-23(13-5-1)32-36-33(24-14-6-2-7-15-24)38-34(37-32)40-29-19-11-10-18-26(29)27-20-31-28(21-30(27)40)35-22-39(31)25-16-8-3-9-17-25;1-2-6-13(7-3-1)22-12-20-18-11-17-15(10-19(18)22)14-8-4-5-9-16(14)21-17;16-15-18-13(11-7-3-1-4-8-11)17-14(19-15)12-9-5-2-6-10-12/h1-22H;1-12,21H;1-10H. The number of aromatic amines is 1. The van der Waals surface area contributed by atoms with E-state index in [2.05, 4.69) is 136 Å². The van der Waals surface area contributed by atoms with Crippen LogP contribution in [-0.4, -0.2) is 58.6 Å². The van der Waals surface area contributed by atoms with Crippen molar-refractivity contribution in [3.8, 4) is 62.9 Å². The fourth-order valence-corrected chi connectivity index (χ4v) is 10.5. The van der Waals surface area contributed by atoms with E-state index in [0.717, 1.165) is 88.5 Å². The molecule has 10 aromatic carbocycles. The van der Waals surface area contributed by atoms with Gasteiger partial charge in [-0.1, -0.05) is 194 Å². The summed E-state index contributed by atoms with van der Waals surface area (Å²) in [7, 11) is 0. The predicted octanol–water partition coefficient (Wildman–Crippen LogP) is 16.2. The van der Waals surface area contributed by atoms with Crippen LogP contribution in [0.3, 0.4) is 0 Å². The maximum atomic E-state index is 5.99. The molecule has 16 aromatic rings. The minimum absolute atomic E-state index is 0.202. The highest BCUT2D eigenvalue weighted by Crippen LogP contribution is 2.36. The number of para-hydroxylation sites is 4. The molecule has 0 aliphatic heterocycles. The molecule has 0 atom stereocenters. The van der Waals surface area contributed by atoms with Gasteiger partial charge in [-0.15, -0.1) is 0 Å². The Labute approximate surface area is 469 Å². The van der Waals surface area contributed by atoms with E-state index in [0.29, 0.717) is 29.2 Å². The van der Waals surface area contributed by atoms with Crippen molar-refractivity contribution in [1.29, 1.82) is 0 Å². The van der Waals surface area contributed by atoms with Crippen molar-refractivity contribution >= 4 is 77.3 Å². The molecule has 0 saturated carbocycles.